The third kappa shape index (κ3) is 4.05. The van der Waals surface area contributed by atoms with Gasteiger partial charge in [0.2, 0.25) is 6.10 Å². The van der Waals surface area contributed by atoms with Crippen LogP contribution in [-0.2, 0) is 20.7 Å². The first-order valence-electron chi connectivity index (χ1n) is 8.11. The summed E-state index contributed by atoms with van der Waals surface area (Å²) in [5.74, 6) is 0.147. The highest BCUT2D eigenvalue weighted by atomic mass is 16.6. The lowest BCUT2D eigenvalue weighted by Crippen LogP contribution is -2.51. The number of methoxy groups -OCH3 is 1. The fourth-order valence-corrected chi connectivity index (χ4v) is 2.62. The van der Waals surface area contributed by atoms with Crippen molar-refractivity contribution in [2.24, 2.45) is 0 Å². The number of hydrogen-bond acceptors (Lipinski definition) is 6. The summed E-state index contributed by atoms with van der Waals surface area (Å²) >= 11 is 0. The second kappa shape index (κ2) is 7.77. The number of aromatic hydroxyl groups is 1. The second-order valence-corrected chi connectivity index (χ2v) is 5.82. The van der Waals surface area contributed by atoms with Gasteiger partial charge in [0.25, 0.3) is 5.91 Å². The minimum Gasteiger partial charge on any atom is -0.508 e. The molecule has 3 rings (SSSR count). The Morgan fingerprint density at radius 1 is 1.19 bits per heavy atom. The number of esters is 1. The SMILES string of the molecule is COC(=O)C(Cc1ccc(O)cc1)NC(=O)C1COc2ccccc2O1. The highest BCUT2D eigenvalue weighted by molar-refractivity contribution is 5.87. The average molecular weight is 357 g/mol. The third-order valence-electron chi connectivity index (χ3n) is 3.98. The van der Waals surface area contributed by atoms with Gasteiger partial charge in [-0.2, -0.15) is 0 Å². The number of rotatable bonds is 5. The molecule has 0 spiro atoms. The number of phenolic OH excluding ortho intramolecular Hbond substituents is 1. The van der Waals surface area contributed by atoms with E-state index in [1.165, 1.54) is 19.2 Å². The number of fused-ring (bicyclic) bond motifs is 1. The summed E-state index contributed by atoms with van der Waals surface area (Å²) in [5, 5.41) is 12.0. The smallest absolute Gasteiger partial charge is 0.328 e. The minimum absolute atomic E-state index is 0.0515. The first kappa shape index (κ1) is 17.6. The molecule has 7 heteroatoms. The van der Waals surface area contributed by atoms with Crippen molar-refractivity contribution < 1.29 is 28.9 Å². The maximum Gasteiger partial charge on any atom is 0.328 e. The van der Waals surface area contributed by atoms with Crippen LogP contribution in [0.5, 0.6) is 17.2 Å². The van der Waals surface area contributed by atoms with Crippen LogP contribution in [0.3, 0.4) is 0 Å². The molecule has 2 N–H and O–H groups in total. The van der Waals surface area contributed by atoms with Gasteiger partial charge >= 0.3 is 5.97 Å². The molecule has 2 aromatic rings. The number of phenols is 1. The summed E-state index contributed by atoms with van der Waals surface area (Å²) < 4.78 is 16.0. The summed E-state index contributed by atoms with van der Waals surface area (Å²) in [5.41, 5.74) is 0.768. The van der Waals surface area contributed by atoms with Crippen LogP contribution >= 0.6 is 0 Å². The van der Waals surface area contributed by atoms with Crippen LogP contribution in [-0.4, -0.2) is 42.8 Å². The quantitative estimate of drug-likeness (QED) is 0.787. The molecule has 0 bridgehead atoms. The Morgan fingerprint density at radius 3 is 2.58 bits per heavy atom. The molecule has 26 heavy (non-hydrogen) atoms. The highest BCUT2D eigenvalue weighted by Gasteiger charge is 2.31. The van der Waals surface area contributed by atoms with Crippen LogP contribution < -0.4 is 14.8 Å². The normalized spacial score (nSPS) is 16.4. The van der Waals surface area contributed by atoms with Crippen LogP contribution in [0.25, 0.3) is 0 Å². The monoisotopic (exact) mass is 357 g/mol. The zero-order valence-electron chi connectivity index (χ0n) is 14.2. The molecular formula is C19H19NO6. The molecule has 0 radical (unpaired) electrons. The first-order chi connectivity index (χ1) is 12.6. The highest BCUT2D eigenvalue weighted by Crippen LogP contribution is 2.30. The van der Waals surface area contributed by atoms with Crippen molar-refractivity contribution in [3.63, 3.8) is 0 Å². The van der Waals surface area contributed by atoms with Gasteiger partial charge in [-0.1, -0.05) is 24.3 Å². The Kier molecular flexibility index (Phi) is 5.26. The largest absolute Gasteiger partial charge is 0.508 e. The van der Waals surface area contributed by atoms with E-state index in [1.54, 1.807) is 30.3 Å². The number of para-hydroxylation sites is 2. The number of amides is 1. The van der Waals surface area contributed by atoms with Gasteiger partial charge in [-0.05, 0) is 29.8 Å². The van der Waals surface area contributed by atoms with E-state index >= 15 is 0 Å². The van der Waals surface area contributed by atoms with Gasteiger partial charge < -0.3 is 24.6 Å². The molecule has 0 saturated heterocycles. The number of carbonyl (C=O) groups is 2. The van der Waals surface area contributed by atoms with Crippen molar-refractivity contribution in [3.8, 4) is 17.2 Å². The number of ether oxygens (including phenoxy) is 3. The summed E-state index contributed by atoms with van der Waals surface area (Å²) in [6.45, 7) is 0.0515. The molecule has 0 aromatic heterocycles. The molecule has 2 atom stereocenters. The molecular weight excluding hydrogens is 338 g/mol. The van der Waals surface area contributed by atoms with Crippen molar-refractivity contribution in [1.82, 2.24) is 5.32 Å². The lowest BCUT2D eigenvalue weighted by atomic mass is 10.1. The summed E-state index contributed by atoms with van der Waals surface area (Å²) in [7, 11) is 1.26. The first-order valence-corrected chi connectivity index (χ1v) is 8.11. The number of benzene rings is 2. The summed E-state index contributed by atoms with van der Waals surface area (Å²) in [6, 6.07) is 12.6. The topological polar surface area (TPSA) is 94.1 Å². The number of hydrogen-bond donors (Lipinski definition) is 2. The van der Waals surface area contributed by atoms with E-state index in [9.17, 15) is 14.7 Å². The van der Waals surface area contributed by atoms with Crippen molar-refractivity contribution >= 4 is 11.9 Å². The van der Waals surface area contributed by atoms with E-state index in [1.807, 2.05) is 6.07 Å². The van der Waals surface area contributed by atoms with Gasteiger partial charge in [-0.3, -0.25) is 4.79 Å². The van der Waals surface area contributed by atoms with E-state index in [0.29, 0.717) is 11.5 Å². The summed E-state index contributed by atoms with van der Waals surface area (Å²) in [6.07, 6.45) is -0.639. The van der Waals surface area contributed by atoms with Crippen LogP contribution in [0.2, 0.25) is 0 Å². The van der Waals surface area contributed by atoms with Crippen molar-refractivity contribution in [2.75, 3.05) is 13.7 Å². The van der Waals surface area contributed by atoms with Gasteiger partial charge in [0.05, 0.1) is 7.11 Å². The zero-order valence-corrected chi connectivity index (χ0v) is 14.2. The van der Waals surface area contributed by atoms with Gasteiger partial charge in [-0.25, -0.2) is 4.79 Å². The maximum absolute atomic E-state index is 12.5. The maximum atomic E-state index is 12.5. The number of nitrogens with one attached hydrogen (secondary N) is 1. The molecule has 2 unspecified atom stereocenters. The van der Waals surface area contributed by atoms with Crippen LogP contribution in [0.4, 0.5) is 0 Å². The van der Waals surface area contributed by atoms with Gasteiger partial charge in [0.1, 0.15) is 18.4 Å². The molecule has 0 saturated carbocycles. The molecule has 7 nitrogen and oxygen atoms in total. The Morgan fingerprint density at radius 2 is 1.88 bits per heavy atom. The van der Waals surface area contributed by atoms with E-state index in [4.69, 9.17) is 14.2 Å². The third-order valence-corrected chi connectivity index (χ3v) is 3.98. The standard InChI is InChI=1S/C19H19NO6/c1-24-19(23)14(10-12-6-8-13(21)9-7-12)20-18(22)17-11-25-15-4-2-3-5-16(15)26-17/h2-9,14,17,21H,10-11H2,1H3,(H,20,22). The predicted molar refractivity (Wildman–Crippen MR) is 92.1 cm³/mol. The second-order valence-electron chi connectivity index (χ2n) is 5.82. The Hall–Kier alpha value is -3.22. The van der Waals surface area contributed by atoms with Crippen molar-refractivity contribution in [1.29, 1.82) is 0 Å². The molecule has 1 amide bonds. The Bertz CT molecular complexity index is 789. The van der Waals surface area contributed by atoms with Crippen LogP contribution in [0.1, 0.15) is 5.56 Å². The molecule has 1 heterocycles. The molecule has 0 fully saturated rings. The fraction of sp³-hybridized carbons (Fsp3) is 0.263. The average Bonchev–Trinajstić information content (AvgIpc) is 2.68. The van der Waals surface area contributed by atoms with Gasteiger partial charge in [0.15, 0.2) is 11.5 Å². The molecule has 136 valence electrons. The summed E-state index contributed by atoms with van der Waals surface area (Å²) in [4.78, 5) is 24.6. The van der Waals surface area contributed by atoms with Gasteiger partial charge in [-0.15, -0.1) is 0 Å². The van der Waals surface area contributed by atoms with Crippen molar-refractivity contribution in [2.45, 2.75) is 18.6 Å². The van der Waals surface area contributed by atoms with Gasteiger partial charge in [0, 0.05) is 6.42 Å². The van der Waals surface area contributed by atoms with E-state index in [-0.39, 0.29) is 18.8 Å². The van der Waals surface area contributed by atoms with Crippen LogP contribution in [0.15, 0.2) is 48.5 Å². The Balaban J connectivity index is 1.67. The van der Waals surface area contributed by atoms with E-state index < -0.39 is 24.0 Å². The lowest BCUT2D eigenvalue weighted by molar-refractivity contribution is -0.146. The fourth-order valence-electron chi connectivity index (χ4n) is 2.62. The molecule has 1 aliphatic rings. The molecule has 1 aliphatic heterocycles. The Labute approximate surface area is 150 Å². The molecule has 2 aromatic carbocycles. The van der Waals surface area contributed by atoms with E-state index in [0.717, 1.165) is 5.56 Å². The van der Waals surface area contributed by atoms with Crippen LogP contribution in [0, 0.1) is 0 Å². The zero-order chi connectivity index (χ0) is 18.5. The molecule has 0 aliphatic carbocycles. The number of carbonyl (C=O) groups excluding carboxylic acids is 2. The van der Waals surface area contributed by atoms with E-state index in [2.05, 4.69) is 5.32 Å². The predicted octanol–water partition coefficient (Wildman–Crippen LogP) is 1.43. The lowest BCUT2D eigenvalue weighted by Gasteiger charge is -2.27. The van der Waals surface area contributed by atoms with Crippen molar-refractivity contribution in [3.05, 3.63) is 54.1 Å². The minimum atomic E-state index is -0.877.